The molecule has 1 fully saturated rings. The topological polar surface area (TPSA) is 85.8 Å². The number of hydrogen-bond acceptors (Lipinski definition) is 5. The lowest BCUT2D eigenvalue weighted by Gasteiger charge is -2.35. The van der Waals surface area contributed by atoms with Gasteiger partial charge in [-0.1, -0.05) is 78.9 Å². The van der Waals surface area contributed by atoms with Crippen LogP contribution >= 0.6 is 0 Å². The zero-order valence-electron chi connectivity index (χ0n) is 22.2. The van der Waals surface area contributed by atoms with Gasteiger partial charge in [0.05, 0.1) is 29.2 Å². The van der Waals surface area contributed by atoms with Crippen LogP contribution in [0.3, 0.4) is 0 Å². The van der Waals surface area contributed by atoms with Gasteiger partial charge in [0.1, 0.15) is 0 Å². The molecule has 1 aliphatic heterocycles. The van der Waals surface area contributed by atoms with Crippen LogP contribution in [0.4, 0.5) is 0 Å². The number of aliphatic carboxylic acids is 1. The Morgan fingerprint density at radius 2 is 1.49 bits per heavy atom. The third-order valence-electron chi connectivity index (χ3n) is 7.40. The molecule has 1 saturated heterocycles. The minimum Gasteiger partial charge on any atom is -0.481 e. The van der Waals surface area contributed by atoms with Crippen molar-refractivity contribution in [3.8, 4) is 11.3 Å². The number of carbonyl (C=O) groups excluding carboxylic acids is 1. The van der Waals surface area contributed by atoms with Gasteiger partial charge in [0.15, 0.2) is 0 Å². The van der Waals surface area contributed by atoms with Crippen LogP contribution in [0.5, 0.6) is 0 Å². The number of fused-ring (bicyclic) bond motifs is 1. The molecule has 1 atom stereocenters. The maximum Gasteiger partial charge on any atom is 0.304 e. The lowest BCUT2D eigenvalue weighted by atomic mass is 9.95. The smallest absolute Gasteiger partial charge is 0.304 e. The first-order valence-electron chi connectivity index (χ1n) is 13.5. The van der Waals surface area contributed by atoms with Gasteiger partial charge in [-0.25, -0.2) is 4.98 Å². The second kappa shape index (κ2) is 12.2. The van der Waals surface area contributed by atoms with E-state index in [9.17, 15) is 9.59 Å². The molecule has 1 amide bonds. The van der Waals surface area contributed by atoms with E-state index in [1.165, 1.54) is 0 Å². The van der Waals surface area contributed by atoms with Crippen molar-refractivity contribution in [3.05, 3.63) is 102 Å². The number of hydrogen-bond donors (Lipinski definition) is 2. The highest BCUT2D eigenvalue weighted by atomic mass is 16.4. The molecular weight excluding hydrogens is 488 g/mol. The number of carbonyl (C=O) groups is 2. The van der Waals surface area contributed by atoms with E-state index in [1.54, 1.807) is 0 Å². The predicted octanol–water partition coefficient (Wildman–Crippen LogP) is 4.99. The first kappa shape index (κ1) is 26.5. The zero-order chi connectivity index (χ0) is 27.2. The molecular formula is C32H34N4O3. The Kier molecular flexibility index (Phi) is 8.30. The summed E-state index contributed by atoms with van der Waals surface area (Å²) in [5, 5.41) is 13.1. The number of carboxylic acid groups (broad SMARTS) is 1. The maximum absolute atomic E-state index is 14.1. The summed E-state index contributed by atoms with van der Waals surface area (Å²) in [6, 6.07) is 27.7. The molecule has 39 heavy (non-hydrogen) atoms. The Labute approximate surface area is 229 Å². The highest BCUT2D eigenvalue weighted by molar-refractivity contribution is 6.09. The molecule has 1 aromatic heterocycles. The SMILES string of the molecule is C[C@H](NC(=O)c1c(CN2CCN(CCC(=O)O)CC2)c(-c2ccccc2)nc2ccccc12)c1ccccc1. The summed E-state index contributed by atoms with van der Waals surface area (Å²) in [4.78, 5) is 34.7. The Hall–Kier alpha value is -4.07. The fourth-order valence-electron chi connectivity index (χ4n) is 5.24. The van der Waals surface area contributed by atoms with Gasteiger partial charge in [-0.3, -0.25) is 14.5 Å². The number of piperazine rings is 1. The van der Waals surface area contributed by atoms with Crippen molar-refractivity contribution in [1.29, 1.82) is 0 Å². The number of benzene rings is 3. The van der Waals surface area contributed by atoms with E-state index >= 15 is 0 Å². The van der Waals surface area contributed by atoms with Crippen molar-refractivity contribution in [2.24, 2.45) is 0 Å². The summed E-state index contributed by atoms with van der Waals surface area (Å²) in [5.74, 6) is -0.884. The van der Waals surface area contributed by atoms with Crippen LogP contribution in [-0.4, -0.2) is 64.5 Å². The lowest BCUT2D eigenvalue weighted by molar-refractivity contribution is -0.137. The average Bonchev–Trinajstić information content (AvgIpc) is 2.97. The second-order valence-electron chi connectivity index (χ2n) is 10.1. The second-order valence-corrected chi connectivity index (χ2v) is 10.1. The number of aromatic nitrogens is 1. The van der Waals surface area contributed by atoms with Gasteiger partial charge in [-0.05, 0) is 18.6 Å². The third-order valence-corrected chi connectivity index (χ3v) is 7.40. The minimum absolute atomic E-state index is 0.114. The van der Waals surface area contributed by atoms with Crippen LogP contribution in [0.25, 0.3) is 22.2 Å². The monoisotopic (exact) mass is 522 g/mol. The highest BCUT2D eigenvalue weighted by Crippen LogP contribution is 2.32. The van der Waals surface area contributed by atoms with Gasteiger partial charge in [0, 0.05) is 55.8 Å². The van der Waals surface area contributed by atoms with Gasteiger partial charge in [-0.2, -0.15) is 0 Å². The van der Waals surface area contributed by atoms with Crippen LogP contribution in [0, 0.1) is 0 Å². The Morgan fingerprint density at radius 1 is 0.872 bits per heavy atom. The van der Waals surface area contributed by atoms with Crippen molar-refractivity contribution < 1.29 is 14.7 Å². The van der Waals surface area contributed by atoms with Crippen LogP contribution in [0.15, 0.2) is 84.9 Å². The Balaban J connectivity index is 1.52. The third kappa shape index (κ3) is 6.33. The van der Waals surface area contributed by atoms with Crippen molar-refractivity contribution in [1.82, 2.24) is 20.1 Å². The number of carboxylic acids is 1. The number of rotatable bonds is 9. The van der Waals surface area contributed by atoms with E-state index in [0.29, 0.717) is 18.7 Å². The molecule has 7 nitrogen and oxygen atoms in total. The first-order chi connectivity index (χ1) is 19.0. The van der Waals surface area contributed by atoms with Gasteiger partial charge in [-0.15, -0.1) is 0 Å². The average molecular weight is 523 g/mol. The zero-order valence-corrected chi connectivity index (χ0v) is 22.2. The van der Waals surface area contributed by atoms with Gasteiger partial charge < -0.3 is 15.3 Å². The minimum atomic E-state index is -0.771. The molecule has 5 rings (SSSR count). The van der Waals surface area contributed by atoms with Gasteiger partial charge in [0.25, 0.3) is 5.91 Å². The number of nitrogens with zero attached hydrogens (tertiary/aromatic N) is 3. The fraction of sp³-hybridized carbons (Fsp3) is 0.281. The van der Waals surface area contributed by atoms with Crippen LogP contribution in [-0.2, 0) is 11.3 Å². The highest BCUT2D eigenvalue weighted by Gasteiger charge is 2.26. The number of nitrogens with one attached hydrogen (secondary N) is 1. The van der Waals surface area contributed by atoms with Crippen LogP contribution < -0.4 is 5.32 Å². The molecule has 2 heterocycles. The molecule has 0 saturated carbocycles. The van der Waals surface area contributed by atoms with Crippen molar-refractivity contribution >= 4 is 22.8 Å². The lowest BCUT2D eigenvalue weighted by Crippen LogP contribution is -2.46. The molecule has 200 valence electrons. The number of pyridine rings is 1. The van der Waals surface area contributed by atoms with E-state index in [0.717, 1.165) is 59.5 Å². The quantitative estimate of drug-likeness (QED) is 0.322. The molecule has 2 N–H and O–H groups in total. The normalized spacial score (nSPS) is 15.2. The summed E-state index contributed by atoms with van der Waals surface area (Å²) >= 11 is 0. The summed E-state index contributed by atoms with van der Waals surface area (Å²) < 4.78 is 0. The Bertz CT molecular complexity index is 1430. The summed E-state index contributed by atoms with van der Waals surface area (Å²) in [6.07, 6.45) is 0.149. The number of para-hydroxylation sites is 1. The van der Waals surface area contributed by atoms with Gasteiger partial charge in [0.2, 0.25) is 0 Å². The van der Waals surface area contributed by atoms with E-state index in [4.69, 9.17) is 10.1 Å². The van der Waals surface area contributed by atoms with Crippen molar-refractivity contribution in [2.75, 3.05) is 32.7 Å². The molecule has 0 bridgehead atoms. The Morgan fingerprint density at radius 3 is 2.18 bits per heavy atom. The predicted molar refractivity (Wildman–Crippen MR) is 153 cm³/mol. The van der Waals surface area contributed by atoms with Crippen molar-refractivity contribution in [2.45, 2.75) is 25.9 Å². The molecule has 0 aliphatic carbocycles. The van der Waals surface area contributed by atoms with Crippen LogP contribution in [0.2, 0.25) is 0 Å². The van der Waals surface area contributed by atoms with Crippen molar-refractivity contribution in [3.63, 3.8) is 0 Å². The molecule has 3 aromatic carbocycles. The summed E-state index contributed by atoms with van der Waals surface area (Å²) in [7, 11) is 0. The first-order valence-corrected chi connectivity index (χ1v) is 13.5. The molecule has 7 heteroatoms. The number of amides is 1. The van der Waals surface area contributed by atoms with E-state index < -0.39 is 5.97 Å². The van der Waals surface area contributed by atoms with E-state index in [-0.39, 0.29) is 18.4 Å². The fourth-order valence-corrected chi connectivity index (χ4v) is 5.24. The summed E-state index contributed by atoms with van der Waals surface area (Å²) in [6.45, 7) is 6.32. The largest absolute Gasteiger partial charge is 0.481 e. The molecule has 1 aliphatic rings. The maximum atomic E-state index is 14.1. The van der Waals surface area contributed by atoms with E-state index in [1.807, 2.05) is 91.9 Å². The molecule has 0 unspecified atom stereocenters. The van der Waals surface area contributed by atoms with Gasteiger partial charge >= 0.3 is 5.97 Å². The molecule has 0 spiro atoms. The standard InChI is InChI=1S/C32H34N4O3/c1-23(24-10-4-2-5-11-24)33-32(39)30-26-14-8-9-15-28(26)34-31(25-12-6-3-7-13-25)27(30)22-36-20-18-35(19-21-36)17-16-29(37)38/h2-15,23H,16-22H2,1H3,(H,33,39)(H,37,38)/t23-/m0/s1. The van der Waals surface area contributed by atoms with E-state index in [2.05, 4.69) is 15.1 Å². The molecule has 4 aromatic rings. The molecule has 0 radical (unpaired) electrons. The summed E-state index contributed by atoms with van der Waals surface area (Å²) in [5.41, 5.74) is 5.21. The van der Waals surface area contributed by atoms with Crippen LogP contribution in [0.1, 0.15) is 40.9 Å².